The average Bonchev–Trinajstić information content (AvgIpc) is 2.05. The zero-order chi connectivity index (χ0) is 7.40. The molecule has 1 fully saturated rings. The van der Waals surface area contributed by atoms with E-state index in [4.69, 9.17) is 21.5 Å². The van der Waals surface area contributed by atoms with Crippen LogP contribution in [0.4, 0.5) is 0 Å². The Morgan fingerprint density at radius 1 is 1.50 bits per heavy atom. The minimum Gasteiger partial charge on any atom is -0.410 e. The molecule has 0 atom stereocenters. The molecule has 10 heavy (non-hydrogen) atoms. The highest BCUT2D eigenvalue weighted by molar-refractivity contribution is 6.65. The highest BCUT2D eigenvalue weighted by Gasteiger charge is 2.18. The van der Waals surface area contributed by atoms with Crippen LogP contribution in [0.5, 0.6) is 0 Å². The molecule has 1 saturated heterocycles. The second-order valence-electron chi connectivity index (χ2n) is 2.31. The van der Waals surface area contributed by atoms with Crippen LogP contribution in [-0.2, 0) is 4.74 Å². The summed E-state index contributed by atoms with van der Waals surface area (Å²) in [5.74, 6) is 0.209. The SMILES string of the molecule is ON=C(Cl)C1CCOCC1. The van der Waals surface area contributed by atoms with E-state index in [0.29, 0.717) is 5.17 Å². The Morgan fingerprint density at radius 2 is 2.10 bits per heavy atom. The van der Waals surface area contributed by atoms with Gasteiger partial charge in [-0.25, -0.2) is 0 Å². The number of halogens is 1. The molecule has 0 bridgehead atoms. The van der Waals surface area contributed by atoms with E-state index in [9.17, 15) is 0 Å². The van der Waals surface area contributed by atoms with Gasteiger partial charge >= 0.3 is 0 Å². The van der Waals surface area contributed by atoms with Crippen LogP contribution in [0, 0.1) is 5.92 Å². The first-order valence-corrected chi connectivity index (χ1v) is 3.67. The summed E-state index contributed by atoms with van der Waals surface area (Å²) in [7, 11) is 0. The third-order valence-corrected chi connectivity index (χ3v) is 2.04. The molecule has 4 heteroatoms. The van der Waals surface area contributed by atoms with E-state index in [1.54, 1.807) is 0 Å². The highest BCUT2D eigenvalue weighted by Crippen LogP contribution is 2.17. The normalized spacial score (nSPS) is 23.1. The molecule has 0 aromatic heterocycles. The molecule has 0 spiro atoms. The van der Waals surface area contributed by atoms with Crippen LogP contribution in [0.1, 0.15) is 12.8 Å². The van der Waals surface area contributed by atoms with Crippen molar-refractivity contribution in [1.82, 2.24) is 0 Å². The van der Waals surface area contributed by atoms with Crippen molar-refractivity contribution >= 4 is 16.8 Å². The Morgan fingerprint density at radius 3 is 2.60 bits per heavy atom. The summed E-state index contributed by atoms with van der Waals surface area (Å²) in [5.41, 5.74) is 0. The molecule has 0 aliphatic carbocycles. The molecule has 0 radical (unpaired) electrons. The summed E-state index contributed by atoms with van der Waals surface area (Å²) in [5, 5.41) is 11.5. The van der Waals surface area contributed by atoms with E-state index in [2.05, 4.69) is 5.16 Å². The second kappa shape index (κ2) is 3.78. The minimum absolute atomic E-state index is 0.209. The molecule has 0 saturated carbocycles. The predicted octanol–water partition coefficient (Wildman–Crippen LogP) is 1.44. The van der Waals surface area contributed by atoms with Gasteiger partial charge in [0.25, 0.3) is 0 Å². The summed E-state index contributed by atoms with van der Waals surface area (Å²) in [6.07, 6.45) is 1.73. The summed E-state index contributed by atoms with van der Waals surface area (Å²) in [6, 6.07) is 0. The number of oxime groups is 1. The zero-order valence-electron chi connectivity index (χ0n) is 5.59. The number of hydrogen-bond acceptors (Lipinski definition) is 3. The third kappa shape index (κ3) is 1.85. The largest absolute Gasteiger partial charge is 0.410 e. The van der Waals surface area contributed by atoms with Gasteiger partial charge in [0.1, 0.15) is 5.17 Å². The summed E-state index contributed by atoms with van der Waals surface area (Å²) in [4.78, 5) is 0. The fourth-order valence-electron chi connectivity index (χ4n) is 1.02. The van der Waals surface area contributed by atoms with E-state index >= 15 is 0 Å². The van der Waals surface area contributed by atoms with Crippen LogP contribution >= 0.6 is 11.6 Å². The third-order valence-electron chi connectivity index (χ3n) is 1.65. The molecule has 1 heterocycles. The highest BCUT2D eigenvalue weighted by atomic mass is 35.5. The van der Waals surface area contributed by atoms with Crippen LogP contribution in [0.2, 0.25) is 0 Å². The number of hydrogen-bond donors (Lipinski definition) is 1. The lowest BCUT2D eigenvalue weighted by Gasteiger charge is -2.19. The molecule has 3 nitrogen and oxygen atoms in total. The van der Waals surface area contributed by atoms with Crippen molar-refractivity contribution in [3.05, 3.63) is 0 Å². The zero-order valence-corrected chi connectivity index (χ0v) is 6.34. The predicted molar refractivity (Wildman–Crippen MR) is 38.6 cm³/mol. The first-order valence-electron chi connectivity index (χ1n) is 3.30. The van der Waals surface area contributed by atoms with Gasteiger partial charge in [0.05, 0.1) is 0 Å². The lowest BCUT2D eigenvalue weighted by Crippen LogP contribution is -2.20. The van der Waals surface area contributed by atoms with Gasteiger partial charge in [-0.1, -0.05) is 16.8 Å². The van der Waals surface area contributed by atoms with Gasteiger partial charge in [0, 0.05) is 19.1 Å². The second-order valence-corrected chi connectivity index (χ2v) is 2.70. The lowest BCUT2D eigenvalue weighted by atomic mass is 10.0. The fourth-order valence-corrected chi connectivity index (χ4v) is 1.24. The lowest BCUT2D eigenvalue weighted by molar-refractivity contribution is 0.0826. The topological polar surface area (TPSA) is 41.8 Å². The van der Waals surface area contributed by atoms with Crippen LogP contribution < -0.4 is 0 Å². The molecule has 1 N–H and O–H groups in total. The number of ether oxygens (including phenoxy) is 1. The van der Waals surface area contributed by atoms with Crippen molar-refractivity contribution < 1.29 is 9.94 Å². The monoisotopic (exact) mass is 163 g/mol. The van der Waals surface area contributed by atoms with E-state index in [1.165, 1.54) is 0 Å². The Bertz CT molecular complexity index is 132. The van der Waals surface area contributed by atoms with Gasteiger partial charge in [-0.3, -0.25) is 0 Å². The molecule has 0 unspecified atom stereocenters. The van der Waals surface area contributed by atoms with Crippen molar-refractivity contribution in [3.8, 4) is 0 Å². The van der Waals surface area contributed by atoms with Crippen molar-refractivity contribution in [1.29, 1.82) is 0 Å². The van der Waals surface area contributed by atoms with Crippen LogP contribution in [0.3, 0.4) is 0 Å². The molecule has 1 rings (SSSR count). The first-order chi connectivity index (χ1) is 4.84. The standard InChI is InChI=1S/C6H10ClNO2/c7-6(8-9)5-1-3-10-4-2-5/h5,9H,1-4H2. The summed E-state index contributed by atoms with van der Waals surface area (Å²) >= 11 is 5.59. The van der Waals surface area contributed by atoms with Gasteiger partial charge in [0.2, 0.25) is 0 Å². The maximum absolute atomic E-state index is 8.30. The number of nitrogens with zero attached hydrogens (tertiary/aromatic N) is 1. The number of rotatable bonds is 1. The molecule has 58 valence electrons. The molecule has 0 aromatic carbocycles. The van der Waals surface area contributed by atoms with Crippen molar-refractivity contribution in [2.75, 3.05) is 13.2 Å². The van der Waals surface area contributed by atoms with E-state index in [0.717, 1.165) is 26.1 Å². The Kier molecular flexibility index (Phi) is 2.96. The van der Waals surface area contributed by atoms with Gasteiger partial charge < -0.3 is 9.94 Å². The van der Waals surface area contributed by atoms with Gasteiger partial charge in [-0.05, 0) is 12.8 Å². The molecule has 1 aliphatic heterocycles. The van der Waals surface area contributed by atoms with Crippen molar-refractivity contribution in [3.63, 3.8) is 0 Å². The molecular formula is C6H10ClNO2. The van der Waals surface area contributed by atoms with Crippen LogP contribution in [0.15, 0.2) is 5.16 Å². The van der Waals surface area contributed by atoms with Crippen LogP contribution in [0.25, 0.3) is 0 Å². The van der Waals surface area contributed by atoms with E-state index < -0.39 is 0 Å². The quantitative estimate of drug-likeness (QED) is 0.361. The molecule has 0 aromatic rings. The smallest absolute Gasteiger partial charge is 0.148 e. The minimum atomic E-state index is 0.209. The Labute approximate surface area is 64.6 Å². The first kappa shape index (κ1) is 7.82. The van der Waals surface area contributed by atoms with Crippen LogP contribution in [-0.4, -0.2) is 23.6 Å². The van der Waals surface area contributed by atoms with E-state index in [1.807, 2.05) is 0 Å². The van der Waals surface area contributed by atoms with E-state index in [-0.39, 0.29) is 5.92 Å². The molecule has 0 amide bonds. The summed E-state index contributed by atoms with van der Waals surface area (Å²) in [6.45, 7) is 1.44. The summed E-state index contributed by atoms with van der Waals surface area (Å²) < 4.78 is 5.10. The Balaban J connectivity index is 2.39. The van der Waals surface area contributed by atoms with Crippen molar-refractivity contribution in [2.45, 2.75) is 12.8 Å². The Hall–Kier alpha value is -0.280. The van der Waals surface area contributed by atoms with Crippen molar-refractivity contribution in [2.24, 2.45) is 11.1 Å². The van der Waals surface area contributed by atoms with Gasteiger partial charge in [0.15, 0.2) is 0 Å². The fraction of sp³-hybridized carbons (Fsp3) is 0.833. The van der Waals surface area contributed by atoms with Gasteiger partial charge in [-0.15, -0.1) is 0 Å². The average molecular weight is 164 g/mol. The maximum atomic E-state index is 8.30. The molecular weight excluding hydrogens is 154 g/mol. The molecule has 1 aliphatic rings. The van der Waals surface area contributed by atoms with Gasteiger partial charge in [-0.2, -0.15) is 0 Å². The maximum Gasteiger partial charge on any atom is 0.148 e.